The predicted molar refractivity (Wildman–Crippen MR) is 134 cm³/mol. The van der Waals surface area contributed by atoms with Gasteiger partial charge in [0, 0.05) is 0 Å². The Balaban J connectivity index is 4.80. The lowest BCUT2D eigenvalue weighted by molar-refractivity contribution is -0.0835. The van der Waals surface area contributed by atoms with Crippen LogP contribution in [0.2, 0.25) is 0 Å². The van der Waals surface area contributed by atoms with Gasteiger partial charge in [-0.15, -0.1) is 0 Å². The highest BCUT2D eigenvalue weighted by molar-refractivity contribution is 4.90. The molecule has 2 heteroatoms. The van der Waals surface area contributed by atoms with Crippen molar-refractivity contribution in [3.8, 4) is 0 Å². The molecule has 0 rings (SSSR count). The summed E-state index contributed by atoms with van der Waals surface area (Å²) in [4.78, 5) is 0. The fraction of sp³-hybridized carbons (Fsp3) is 1.00. The number of hydrogen-bond acceptors (Lipinski definition) is 2. The van der Waals surface area contributed by atoms with Gasteiger partial charge in [0.1, 0.15) is 0 Å². The molecule has 0 aromatic carbocycles. The Bertz CT molecular complexity index is 344. The molecule has 0 saturated heterocycles. The topological polar surface area (TPSA) is 40.5 Å². The predicted octanol–water partition coefficient (Wildman–Crippen LogP) is 8.97. The van der Waals surface area contributed by atoms with Crippen molar-refractivity contribution in [2.75, 3.05) is 0 Å². The van der Waals surface area contributed by atoms with Gasteiger partial charge in [-0.2, -0.15) is 0 Å². The number of aliphatic hydroxyl groups is 2. The fourth-order valence-electron chi connectivity index (χ4n) is 5.03. The molecule has 3 atom stereocenters. The Labute approximate surface area is 190 Å². The zero-order chi connectivity index (χ0) is 22.5. The Kier molecular flexibility index (Phi) is 20.7. The molecule has 0 aromatic rings. The Morgan fingerprint density at radius 3 is 1.37 bits per heavy atom. The molecule has 0 amide bonds. The summed E-state index contributed by atoms with van der Waals surface area (Å²) in [6.45, 7) is 9.02. The number of unbranched alkanes of at least 4 members (excludes halogenated alkanes) is 13. The molecule has 0 saturated carbocycles. The smallest absolute Gasteiger partial charge is 0.0855 e. The first-order valence-corrected chi connectivity index (χ1v) is 13.9. The Hall–Kier alpha value is -0.0800. The normalized spacial score (nSPS) is 15.8. The average Bonchev–Trinajstić information content (AvgIpc) is 2.75. The van der Waals surface area contributed by atoms with Crippen LogP contribution in [0.25, 0.3) is 0 Å². The summed E-state index contributed by atoms with van der Waals surface area (Å²) in [6.07, 6.45) is 24.1. The third-order valence-electron chi connectivity index (χ3n) is 7.18. The zero-order valence-corrected chi connectivity index (χ0v) is 21.4. The van der Waals surface area contributed by atoms with E-state index in [2.05, 4.69) is 27.7 Å². The van der Waals surface area contributed by atoms with Crippen LogP contribution in [0.5, 0.6) is 0 Å². The number of hydrogen-bond donors (Lipinski definition) is 2. The van der Waals surface area contributed by atoms with Crippen molar-refractivity contribution in [3.63, 3.8) is 0 Å². The molecular weight excluding hydrogens is 368 g/mol. The maximum atomic E-state index is 11.4. The second-order valence-corrected chi connectivity index (χ2v) is 10.0. The first-order valence-electron chi connectivity index (χ1n) is 13.9. The quantitative estimate of drug-likeness (QED) is 0.160. The molecule has 30 heavy (non-hydrogen) atoms. The molecule has 0 fully saturated rings. The van der Waals surface area contributed by atoms with Crippen molar-refractivity contribution in [2.24, 2.45) is 5.41 Å². The summed E-state index contributed by atoms with van der Waals surface area (Å²) in [5, 5.41) is 22.3. The first-order chi connectivity index (χ1) is 14.6. The molecule has 3 unspecified atom stereocenters. The SMILES string of the molecule is CCCCCCCCCC(O)C(O)C(CCCC)(CCCCC)CCCCCCC. The van der Waals surface area contributed by atoms with Gasteiger partial charge in [0.05, 0.1) is 12.2 Å². The van der Waals surface area contributed by atoms with Crippen molar-refractivity contribution in [1.82, 2.24) is 0 Å². The summed E-state index contributed by atoms with van der Waals surface area (Å²) in [5.74, 6) is 0. The maximum absolute atomic E-state index is 11.4. The van der Waals surface area contributed by atoms with Crippen LogP contribution >= 0.6 is 0 Å². The summed E-state index contributed by atoms with van der Waals surface area (Å²) < 4.78 is 0. The van der Waals surface area contributed by atoms with E-state index in [1.165, 1.54) is 103 Å². The highest BCUT2D eigenvalue weighted by atomic mass is 16.3. The van der Waals surface area contributed by atoms with E-state index in [4.69, 9.17) is 0 Å². The first kappa shape index (κ1) is 29.9. The van der Waals surface area contributed by atoms with Gasteiger partial charge < -0.3 is 10.2 Å². The minimum absolute atomic E-state index is 0.0715. The van der Waals surface area contributed by atoms with E-state index in [1.54, 1.807) is 0 Å². The van der Waals surface area contributed by atoms with Crippen molar-refractivity contribution in [1.29, 1.82) is 0 Å². The molecule has 182 valence electrons. The molecule has 0 heterocycles. The van der Waals surface area contributed by atoms with Crippen LogP contribution < -0.4 is 0 Å². The van der Waals surface area contributed by atoms with E-state index in [0.717, 1.165) is 32.1 Å². The van der Waals surface area contributed by atoms with Crippen LogP contribution in [0.3, 0.4) is 0 Å². The third kappa shape index (κ3) is 14.1. The summed E-state index contributed by atoms with van der Waals surface area (Å²) in [6, 6.07) is 0. The molecule has 0 bridgehead atoms. The van der Waals surface area contributed by atoms with Crippen LogP contribution in [0, 0.1) is 5.41 Å². The average molecular weight is 427 g/mol. The second-order valence-electron chi connectivity index (χ2n) is 10.0. The van der Waals surface area contributed by atoms with Gasteiger partial charge in [-0.05, 0) is 31.1 Å². The van der Waals surface area contributed by atoms with E-state index >= 15 is 0 Å². The lowest BCUT2D eigenvalue weighted by Crippen LogP contribution is -2.43. The van der Waals surface area contributed by atoms with Crippen molar-refractivity contribution in [3.05, 3.63) is 0 Å². The molecule has 0 aliphatic rings. The van der Waals surface area contributed by atoms with Gasteiger partial charge in [-0.1, -0.05) is 137 Å². The molecule has 2 N–H and O–H groups in total. The maximum Gasteiger partial charge on any atom is 0.0855 e. The van der Waals surface area contributed by atoms with Crippen LogP contribution in [-0.4, -0.2) is 22.4 Å². The monoisotopic (exact) mass is 426 g/mol. The van der Waals surface area contributed by atoms with Gasteiger partial charge in [-0.25, -0.2) is 0 Å². The molecule has 0 radical (unpaired) electrons. The highest BCUT2D eigenvalue weighted by Gasteiger charge is 2.39. The van der Waals surface area contributed by atoms with Gasteiger partial charge in [0.2, 0.25) is 0 Å². The van der Waals surface area contributed by atoms with E-state index in [0.29, 0.717) is 0 Å². The molecular formula is C28H58O2. The van der Waals surface area contributed by atoms with Gasteiger partial charge in [0.25, 0.3) is 0 Å². The minimum atomic E-state index is -0.549. The minimum Gasteiger partial charge on any atom is -0.390 e. The van der Waals surface area contributed by atoms with Crippen LogP contribution in [0.1, 0.15) is 163 Å². The Morgan fingerprint density at radius 1 is 0.467 bits per heavy atom. The zero-order valence-electron chi connectivity index (χ0n) is 21.4. The summed E-state index contributed by atoms with van der Waals surface area (Å²) in [5.41, 5.74) is -0.0715. The van der Waals surface area contributed by atoms with Gasteiger partial charge >= 0.3 is 0 Å². The lowest BCUT2D eigenvalue weighted by Gasteiger charge is -2.41. The highest BCUT2D eigenvalue weighted by Crippen LogP contribution is 2.42. The summed E-state index contributed by atoms with van der Waals surface area (Å²) >= 11 is 0. The van der Waals surface area contributed by atoms with Crippen molar-refractivity contribution >= 4 is 0 Å². The van der Waals surface area contributed by atoms with E-state index in [1.807, 2.05) is 0 Å². The summed E-state index contributed by atoms with van der Waals surface area (Å²) in [7, 11) is 0. The standard InChI is InChI=1S/C28H58O2/c1-5-9-13-15-16-17-19-22-26(29)27(30)28(23-12-8-4,24-20-11-7-3)25-21-18-14-10-6-2/h26-27,29-30H,5-25H2,1-4H3. The van der Waals surface area contributed by atoms with Crippen LogP contribution in [0.15, 0.2) is 0 Å². The van der Waals surface area contributed by atoms with Gasteiger partial charge in [-0.3, -0.25) is 0 Å². The van der Waals surface area contributed by atoms with E-state index in [9.17, 15) is 10.2 Å². The Morgan fingerprint density at radius 2 is 0.833 bits per heavy atom. The molecule has 0 aromatic heterocycles. The fourth-order valence-corrected chi connectivity index (χ4v) is 5.03. The second kappa shape index (κ2) is 20.8. The molecule has 0 spiro atoms. The van der Waals surface area contributed by atoms with E-state index in [-0.39, 0.29) is 5.41 Å². The van der Waals surface area contributed by atoms with Crippen molar-refractivity contribution < 1.29 is 10.2 Å². The molecule has 0 aliphatic heterocycles. The largest absolute Gasteiger partial charge is 0.390 e. The lowest BCUT2D eigenvalue weighted by atomic mass is 9.68. The van der Waals surface area contributed by atoms with E-state index < -0.39 is 12.2 Å². The molecule has 2 nitrogen and oxygen atoms in total. The number of rotatable bonds is 23. The van der Waals surface area contributed by atoms with Crippen LogP contribution in [0.4, 0.5) is 0 Å². The van der Waals surface area contributed by atoms with Gasteiger partial charge in [0.15, 0.2) is 0 Å². The third-order valence-corrected chi connectivity index (χ3v) is 7.18. The molecule has 0 aliphatic carbocycles. The number of aliphatic hydroxyl groups excluding tert-OH is 2. The van der Waals surface area contributed by atoms with Crippen LogP contribution in [-0.2, 0) is 0 Å². The van der Waals surface area contributed by atoms with Crippen molar-refractivity contribution in [2.45, 2.75) is 175 Å².